The van der Waals surface area contributed by atoms with Crippen molar-refractivity contribution in [2.45, 2.75) is 36.0 Å². The van der Waals surface area contributed by atoms with E-state index in [1.54, 1.807) is 18.9 Å². The zero-order chi connectivity index (χ0) is 23.5. The van der Waals surface area contributed by atoms with Crippen molar-refractivity contribution in [1.29, 1.82) is 0 Å². The van der Waals surface area contributed by atoms with E-state index in [-0.39, 0.29) is 5.91 Å². The molecule has 1 aliphatic rings. The van der Waals surface area contributed by atoms with Crippen molar-refractivity contribution in [2.24, 2.45) is 0 Å². The number of anilines is 1. The van der Waals surface area contributed by atoms with E-state index in [2.05, 4.69) is 23.1 Å². The van der Waals surface area contributed by atoms with Crippen LogP contribution in [0.25, 0.3) is 11.4 Å². The summed E-state index contributed by atoms with van der Waals surface area (Å²) in [4.78, 5) is 21.7. The Kier molecular flexibility index (Phi) is 6.36. The molecule has 0 atom stereocenters. The SMILES string of the molecule is CCCN1C(=O)c2ccccc2Sc2cc(-c3noc(CCc4ccc(OC)cc4)n3)ccc21. The second-order valence-electron chi connectivity index (χ2n) is 8.10. The molecule has 6 nitrogen and oxygen atoms in total. The summed E-state index contributed by atoms with van der Waals surface area (Å²) in [6.45, 7) is 2.75. The Bertz CT molecular complexity index is 1320. The minimum atomic E-state index is 0.0387. The van der Waals surface area contributed by atoms with Gasteiger partial charge in [-0.2, -0.15) is 4.98 Å². The van der Waals surface area contributed by atoms with Gasteiger partial charge in [0.25, 0.3) is 5.91 Å². The van der Waals surface area contributed by atoms with Gasteiger partial charge in [-0.15, -0.1) is 0 Å². The van der Waals surface area contributed by atoms with E-state index in [9.17, 15) is 4.79 Å². The Morgan fingerprint density at radius 2 is 1.82 bits per heavy atom. The predicted octanol–water partition coefficient (Wildman–Crippen LogP) is 6.05. The second kappa shape index (κ2) is 9.73. The minimum Gasteiger partial charge on any atom is -0.497 e. The highest BCUT2D eigenvalue weighted by atomic mass is 32.2. The van der Waals surface area contributed by atoms with Crippen LogP contribution in [0, 0.1) is 0 Å². The van der Waals surface area contributed by atoms with Gasteiger partial charge in [-0.3, -0.25) is 4.79 Å². The number of rotatable bonds is 7. The smallest absolute Gasteiger partial charge is 0.259 e. The van der Waals surface area contributed by atoms with Gasteiger partial charge in [-0.25, -0.2) is 0 Å². The van der Waals surface area contributed by atoms with Crippen molar-refractivity contribution in [3.8, 4) is 17.1 Å². The number of aromatic nitrogens is 2. The highest BCUT2D eigenvalue weighted by molar-refractivity contribution is 7.99. The van der Waals surface area contributed by atoms with Crippen LogP contribution in [0.5, 0.6) is 5.75 Å². The first-order valence-electron chi connectivity index (χ1n) is 11.3. The lowest BCUT2D eigenvalue weighted by Gasteiger charge is -2.22. The fourth-order valence-electron chi connectivity index (χ4n) is 4.03. The summed E-state index contributed by atoms with van der Waals surface area (Å²) in [5.41, 5.74) is 3.70. The lowest BCUT2D eigenvalue weighted by Crippen LogP contribution is -2.31. The summed E-state index contributed by atoms with van der Waals surface area (Å²) in [5.74, 6) is 2.03. The number of fused-ring (bicyclic) bond motifs is 2. The molecule has 0 saturated carbocycles. The quantitative estimate of drug-likeness (QED) is 0.327. The molecule has 1 aromatic heterocycles. The molecule has 5 rings (SSSR count). The summed E-state index contributed by atoms with van der Waals surface area (Å²) in [6, 6.07) is 21.8. The lowest BCUT2D eigenvalue weighted by molar-refractivity contribution is 0.0984. The van der Waals surface area contributed by atoms with E-state index in [0.717, 1.165) is 45.2 Å². The van der Waals surface area contributed by atoms with E-state index in [1.165, 1.54) is 5.56 Å². The van der Waals surface area contributed by atoms with Crippen molar-refractivity contribution >= 4 is 23.4 Å². The summed E-state index contributed by atoms with van der Waals surface area (Å²) in [7, 11) is 1.66. The highest BCUT2D eigenvalue weighted by Crippen LogP contribution is 2.42. The van der Waals surface area contributed by atoms with Gasteiger partial charge < -0.3 is 14.2 Å². The maximum absolute atomic E-state index is 13.2. The predicted molar refractivity (Wildman–Crippen MR) is 133 cm³/mol. The van der Waals surface area contributed by atoms with Gasteiger partial charge >= 0.3 is 0 Å². The number of ether oxygens (including phenoxy) is 1. The Hall–Kier alpha value is -3.58. The molecule has 0 bridgehead atoms. The van der Waals surface area contributed by atoms with Crippen LogP contribution in [0.2, 0.25) is 0 Å². The van der Waals surface area contributed by atoms with Crippen LogP contribution >= 0.6 is 11.8 Å². The van der Waals surface area contributed by atoms with E-state index in [4.69, 9.17) is 9.26 Å². The van der Waals surface area contributed by atoms with Crippen molar-refractivity contribution in [1.82, 2.24) is 10.1 Å². The van der Waals surface area contributed by atoms with E-state index < -0.39 is 0 Å². The number of nitrogens with zero attached hydrogens (tertiary/aromatic N) is 3. The molecule has 34 heavy (non-hydrogen) atoms. The third kappa shape index (κ3) is 4.43. The van der Waals surface area contributed by atoms with Gasteiger partial charge in [0, 0.05) is 28.3 Å². The van der Waals surface area contributed by atoms with Gasteiger partial charge in [0.05, 0.1) is 18.4 Å². The van der Waals surface area contributed by atoms with Crippen LogP contribution in [0.4, 0.5) is 5.69 Å². The van der Waals surface area contributed by atoms with Crippen molar-refractivity contribution in [2.75, 3.05) is 18.6 Å². The van der Waals surface area contributed by atoms with E-state index in [0.29, 0.717) is 24.7 Å². The highest BCUT2D eigenvalue weighted by Gasteiger charge is 2.27. The Morgan fingerprint density at radius 3 is 2.62 bits per heavy atom. The first kappa shape index (κ1) is 22.2. The van der Waals surface area contributed by atoms with Crippen LogP contribution < -0.4 is 9.64 Å². The minimum absolute atomic E-state index is 0.0387. The second-order valence-corrected chi connectivity index (χ2v) is 9.18. The Balaban J connectivity index is 1.39. The zero-order valence-corrected chi connectivity index (χ0v) is 20.0. The third-order valence-electron chi connectivity index (χ3n) is 5.79. The number of hydrogen-bond acceptors (Lipinski definition) is 6. The molecule has 0 unspecified atom stereocenters. The van der Waals surface area contributed by atoms with Crippen LogP contribution in [-0.2, 0) is 12.8 Å². The summed E-state index contributed by atoms with van der Waals surface area (Å²) in [6.07, 6.45) is 2.34. The normalized spacial score (nSPS) is 12.8. The monoisotopic (exact) mass is 471 g/mol. The molecule has 3 aromatic carbocycles. The lowest BCUT2D eigenvalue weighted by atomic mass is 10.1. The number of benzene rings is 3. The van der Waals surface area contributed by atoms with Crippen molar-refractivity contribution in [3.05, 3.63) is 83.7 Å². The maximum Gasteiger partial charge on any atom is 0.259 e. The van der Waals surface area contributed by atoms with Gasteiger partial charge in [-0.1, -0.05) is 48.1 Å². The molecule has 4 aromatic rings. The molecule has 2 heterocycles. The molecular formula is C27H25N3O3S. The average molecular weight is 472 g/mol. The first-order valence-corrected chi connectivity index (χ1v) is 12.2. The number of aryl methyl sites for hydroxylation is 2. The van der Waals surface area contributed by atoms with Crippen molar-refractivity contribution in [3.63, 3.8) is 0 Å². The molecular weight excluding hydrogens is 446 g/mol. The maximum atomic E-state index is 13.2. The van der Waals surface area contributed by atoms with E-state index in [1.807, 2.05) is 65.6 Å². The Morgan fingerprint density at radius 1 is 1.00 bits per heavy atom. The zero-order valence-electron chi connectivity index (χ0n) is 19.2. The van der Waals surface area contributed by atoms with Crippen LogP contribution in [0.1, 0.15) is 35.2 Å². The summed E-state index contributed by atoms with van der Waals surface area (Å²) in [5, 5.41) is 4.22. The standard InChI is InChI=1S/C27H25N3O3S/c1-3-16-30-22-14-11-19(17-24(22)34-23-7-5-4-6-21(23)27(30)31)26-28-25(33-29-26)15-10-18-8-12-20(32-2)13-9-18/h4-9,11-14,17H,3,10,15-16H2,1-2H3. The third-order valence-corrected chi connectivity index (χ3v) is 6.92. The number of methoxy groups -OCH3 is 1. The first-order chi connectivity index (χ1) is 16.7. The summed E-state index contributed by atoms with van der Waals surface area (Å²) >= 11 is 1.60. The average Bonchev–Trinajstić information content (AvgIpc) is 3.31. The number of carbonyl (C=O) groups is 1. The molecule has 0 spiro atoms. The fourth-order valence-corrected chi connectivity index (χ4v) is 5.14. The topological polar surface area (TPSA) is 68.5 Å². The molecule has 0 fully saturated rings. The van der Waals surface area contributed by atoms with Crippen LogP contribution in [0.3, 0.4) is 0 Å². The molecule has 0 saturated heterocycles. The van der Waals surface area contributed by atoms with E-state index >= 15 is 0 Å². The number of amides is 1. The van der Waals surface area contributed by atoms with Gasteiger partial charge in [-0.05, 0) is 60.9 Å². The van der Waals surface area contributed by atoms with Gasteiger partial charge in [0.15, 0.2) is 0 Å². The van der Waals surface area contributed by atoms with Gasteiger partial charge in [0.2, 0.25) is 11.7 Å². The molecule has 0 N–H and O–H groups in total. The van der Waals surface area contributed by atoms with Crippen LogP contribution in [0.15, 0.2) is 81.0 Å². The molecule has 1 aliphatic heterocycles. The fraction of sp³-hybridized carbons (Fsp3) is 0.222. The number of carbonyl (C=O) groups excluding carboxylic acids is 1. The van der Waals surface area contributed by atoms with Crippen molar-refractivity contribution < 1.29 is 14.1 Å². The largest absolute Gasteiger partial charge is 0.497 e. The molecule has 0 radical (unpaired) electrons. The van der Waals surface area contributed by atoms with Crippen LogP contribution in [-0.4, -0.2) is 29.7 Å². The Labute approximate surface area is 202 Å². The number of hydrogen-bond donors (Lipinski definition) is 0. The van der Waals surface area contributed by atoms with Gasteiger partial charge in [0.1, 0.15) is 5.75 Å². The molecule has 1 amide bonds. The molecule has 0 aliphatic carbocycles. The molecule has 7 heteroatoms. The molecule has 172 valence electrons. The summed E-state index contributed by atoms with van der Waals surface area (Å²) < 4.78 is 10.7.